The van der Waals surface area contributed by atoms with Gasteiger partial charge in [-0.05, 0) is 12.8 Å². The number of carbonyl (C=O) groups is 1. The third-order valence-electron chi connectivity index (χ3n) is 2.12. The molecule has 13 heavy (non-hydrogen) atoms. The number of nitrogens with two attached hydrogens (primary N) is 1. The van der Waals surface area contributed by atoms with Crippen molar-refractivity contribution in [2.45, 2.75) is 32.7 Å². The fraction of sp³-hybridized carbons (Fsp3) is 0.889. The molecule has 78 valence electrons. The summed E-state index contributed by atoms with van der Waals surface area (Å²) in [4.78, 5) is 11.3. The van der Waals surface area contributed by atoms with Crippen molar-refractivity contribution in [2.75, 3.05) is 13.2 Å². The molecule has 0 fully saturated rings. The van der Waals surface area contributed by atoms with E-state index in [4.69, 9.17) is 10.8 Å². The zero-order valence-corrected chi connectivity index (χ0v) is 8.42. The molecule has 0 aromatic carbocycles. The van der Waals surface area contributed by atoms with Crippen molar-refractivity contribution < 1.29 is 9.90 Å². The van der Waals surface area contributed by atoms with Crippen LogP contribution in [-0.4, -0.2) is 30.2 Å². The molecule has 0 aromatic rings. The molecule has 0 heterocycles. The summed E-state index contributed by atoms with van der Waals surface area (Å²) in [6.07, 6.45) is 1.45. The van der Waals surface area contributed by atoms with E-state index >= 15 is 0 Å². The lowest BCUT2D eigenvalue weighted by Gasteiger charge is -2.18. The van der Waals surface area contributed by atoms with Gasteiger partial charge >= 0.3 is 0 Å². The predicted octanol–water partition coefficient (Wildman–Crippen LogP) is -0.142. The highest BCUT2D eigenvalue weighted by Crippen LogP contribution is 1.99. The van der Waals surface area contributed by atoms with Crippen LogP contribution in [0.5, 0.6) is 0 Å². The van der Waals surface area contributed by atoms with Crippen molar-refractivity contribution >= 4 is 5.91 Å². The molecule has 4 N–H and O–H groups in total. The highest BCUT2D eigenvalue weighted by atomic mass is 16.3. The molecule has 0 rings (SSSR count). The summed E-state index contributed by atoms with van der Waals surface area (Å²) >= 11 is 0. The van der Waals surface area contributed by atoms with Crippen LogP contribution in [0.2, 0.25) is 0 Å². The molecule has 4 nitrogen and oxygen atoms in total. The maximum Gasteiger partial charge on any atom is 0.224 e. The number of carbonyl (C=O) groups excluding carboxylic acids is 1. The predicted molar refractivity (Wildman–Crippen MR) is 52.1 cm³/mol. The van der Waals surface area contributed by atoms with E-state index < -0.39 is 0 Å². The van der Waals surface area contributed by atoms with Crippen LogP contribution in [0, 0.1) is 5.92 Å². The second kappa shape index (κ2) is 6.86. The Balaban J connectivity index is 3.85. The number of amides is 1. The van der Waals surface area contributed by atoms with Gasteiger partial charge in [0.25, 0.3) is 0 Å². The molecular formula is C9H20N2O2. The van der Waals surface area contributed by atoms with Crippen LogP contribution in [0.4, 0.5) is 0 Å². The van der Waals surface area contributed by atoms with E-state index in [1.165, 1.54) is 0 Å². The number of hydrogen-bond acceptors (Lipinski definition) is 3. The lowest BCUT2D eigenvalue weighted by atomic mass is 10.1. The SMILES string of the molecule is CCC(CCO)NC(=O)C(C)CN. The Bertz CT molecular complexity index is 151. The minimum absolute atomic E-state index is 0.0252. The summed E-state index contributed by atoms with van der Waals surface area (Å²) in [7, 11) is 0. The summed E-state index contributed by atoms with van der Waals surface area (Å²) in [6, 6.07) is 0.0755. The summed E-state index contributed by atoms with van der Waals surface area (Å²) in [6.45, 7) is 4.24. The van der Waals surface area contributed by atoms with Crippen LogP contribution in [0.1, 0.15) is 26.7 Å². The lowest BCUT2D eigenvalue weighted by Crippen LogP contribution is -2.40. The molecule has 0 bridgehead atoms. The van der Waals surface area contributed by atoms with Gasteiger partial charge in [0.1, 0.15) is 0 Å². The zero-order valence-electron chi connectivity index (χ0n) is 8.42. The van der Waals surface area contributed by atoms with Gasteiger partial charge in [0.05, 0.1) is 0 Å². The van der Waals surface area contributed by atoms with Crippen molar-refractivity contribution in [2.24, 2.45) is 11.7 Å². The molecule has 0 aliphatic heterocycles. The largest absolute Gasteiger partial charge is 0.396 e. The fourth-order valence-electron chi connectivity index (χ4n) is 0.985. The number of rotatable bonds is 6. The summed E-state index contributed by atoms with van der Waals surface area (Å²) in [5.41, 5.74) is 5.35. The van der Waals surface area contributed by atoms with E-state index in [2.05, 4.69) is 5.32 Å². The Hall–Kier alpha value is -0.610. The normalized spacial score (nSPS) is 15.1. The van der Waals surface area contributed by atoms with Crippen LogP contribution < -0.4 is 11.1 Å². The number of aliphatic hydroxyl groups excluding tert-OH is 1. The molecule has 0 saturated heterocycles. The Labute approximate surface area is 79.5 Å². The van der Waals surface area contributed by atoms with Crippen LogP contribution in [0.15, 0.2) is 0 Å². The van der Waals surface area contributed by atoms with Crippen molar-refractivity contribution in [3.05, 3.63) is 0 Å². The minimum Gasteiger partial charge on any atom is -0.396 e. The first-order chi connectivity index (χ1) is 6.15. The van der Waals surface area contributed by atoms with Crippen molar-refractivity contribution in [1.82, 2.24) is 5.32 Å². The standard InChI is InChI=1S/C9H20N2O2/c1-3-8(4-5-12)11-9(13)7(2)6-10/h7-8,12H,3-6,10H2,1-2H3,(H,11,13). The second-order valence-electron chi connectivity index (χ2n) is 3.26. The van der Waals surface area contributed by atoms with Crippen molar-refractivity contribution in [3.8, 4) is 0 Å². The van der Waals surface area contributed by atoms with Gasteiger partial charge in [0.15, 0.2) is 0 Å². The van der Waals surface area contributed by atoms with Crippen molar-refractivity contribution in [3.63, 3.8) is 0 Å². The molecule has 1 amide bonds. The molecule has 0 aliphatic rings. The summed E-state index contributed by atoms with van der Waals surface area (Å²) < 4.78 is 0. The Morgan fingerprint density at radius 1 is 1.62 bits per heavy atom. The molecule has 0 radical (unpaired) electrons. The quantitative estimate of drug-likeness (QED) is 0.543. The average molecular weight is 188 g/mol. The second-order valence-corrected chi connectivity index (χ2v) is 3.26. The Morgan fingerprint density at radius 2 is 2.23 bits per heavy atom. The summed E-state index contributed by atoms with van der Waals surface area (Å²) in [5.74, 6) is -0.171. The first kappa shape index (κ1) is 12.4. The van der Waals surface area contributed by atoms with E-state index in [1.54, 1.807) is 6.92 Å². The molecule has 0 saturated carbocycles. The highest BCUT2D eigenvalue weighted by Gasteiger charge is 2.14. The topological polar surface area (TPSA) is 75.3 Å². The molecule has 4 heteroatoms. The van der Waals surface area contributed by atoms with Crippen LogP contribution in [-0.2, 0) is 4.79 Å². The van der Waals surface area contributed by atoms with Gasteiger partial charge in [-0.1, -0.05) is 13.8 Å². The number of nitrogens with one attached hydrogen (secondary N) is 1. The van der Waals surface area contributed by atoms with Gasteiger partial charge in [-0.2, -0.15) is 0 Å². The molecule has 0 spiro atoms. The van der Waals surface area contributed by atoms with Crippen molar-refractivity contribution in [1.29, 1.82) is 0 Å². The first-order valence-electron chi connectivity index (χ1n) is 4.77. The van der Waals surface area contributed by atoms with E-state index in [-0.39, 0.29) is 24.5 Å². The smallest absolute Gasteiger partial charge is 0.224 e. The number of hydrogen-bond donors (Lipinski definition) is 3. The maximum atomic E-state index is 11.3. The first-order valence-corrected chi connectivity index (χ1v) is 4.77. The zero-order chi connectivity index (χ0) is 10.3. The van der Waals surface area contributed by atoms with E-state index in [0.29, 0.717) is 13.0 Å². The van der Waals surface area contributed by atoms with E-state index in [9.17, 15) is 4.79 Å². The number of aliphatic hydroxyl groups is 1. The van der Waals surface area contributed by atoms with Crippen LogP contribution in [0.3, 0.4) is 0 Å². The van der Waals surface area contributed by atoms with E-state index in [0.717, 1.165) is 6.42 Å². The van der Waals surface area contributed by atoms with Gasteiger partial charge < -0.3 is 16.2 Å². The molecular weight excluding hydrogens is 168 g/mol. The van der Waals surface area contributed by atoms with Gasteiger partial charge in [-0.3, -0.25) is 4.79 Å². The highest BCUT2D eigenvalue weighted by molar-refractivity contribution is 5.78. The molecule has 2 atom stereocenters. The van der Waals surface area contributed by atoms with Gasteiger partial charge in [-0.15, -0.1) is 0 Å². The third-order valence-corrected chi connectivity index (χ3v) is 2.12. The fourth-order valence-corrected chi connectivity index (χ4v) is 0.985. The van der Waals surface area contributed by atoms with E-state index in [1.807, 2.05) is 6.92 Å². The summed E-state index contributed by atoms with van der Waals surface area (Å²) in [5, 5.41) is 11.5. The lowest BCUT2D eigenvalue weighted by molar-refractivity contribution is -0.125. The van der Waals surface area contributed by atoms with Crippen LogP contribution in [0.25, 0.3) is 0 Å². The third kappa shape index (κ3) is 4.85. The minimum atomic E-state index is -0.146. The van der Waals surface area contributed by atoms with Crippen LogP contribution >= 0.6 is 0 Å². The van der Waals surface area contributed by atoms with Gasteiger partial charge in [0, 0.05) is 25.1 Å². The Kier molecular flexibility index (Phi) is 6.54. The van der Waals surface area contributed by atoms with Gasteiger partial charge in [-0.25, -0.2) is 0 Å². The average Bonchev–Trinajstić information content (AvgIpc) is 2.15. The molecule has 0 aliphatic carbocycles. The van der Waals surface area contributed by atoms with Gasteiger partial charge in [0.2, 0.25) is 5.91 Å². The maximum absolute atomic E-state index is 11.3. The molecule has 2 unspecified atom stereocenters. The molecule has 0 aromatic heterocycles. The Morgan fingerprint density at radius 3 is 2.62 bits per heavy atom. The monoisotopic (exact) mass is 188 g/mol.